The highest BCUT2D eigenvalue weighted by atomic mass is 32.2. The second kappa shape index (κ2) is 8.29. The number of hydrogen-bond acceptors (Lipinski definition) is 5. The Kier molecular flexibility index (Phi) is 5.81. The van der Waals surface area contributed by atoms with Crippen LogP contribution >= 0.6 is 0 Å². The van der Waals surface area contributed by atoms with Crippen molar-refractivity contribution >= 4 is 27.5 Å². The normalized spacial score (nSPS) is 12.2. The van der Waals surface area contributed by atoms with Crippen molar-refractivity contribution in [1.29, 1.82) is 0 Å². The van der Waals surface area contributed by atoms with E-state index in [1.165, 1.54) is 24.5 Å². The highest BCUT2D eigenvalue weighted by molar-refractivity contribution is 7.89. The van der Waals surface area contributed by atoms with Crippen LogP contribution in [0.4, 0.5) is 5.69 Å². The maximum Gasteiger partial charge on any atom is 0.291 e. The third-order valence-corrected chi connectivity index (χ3v) is 5.15. The molecule has 0 fully saturated rings. The topological polar surface area (TPSA) is 132 Å². The fourth-order valence-corrected chi connectivity index (χ4v) is 3.20. The number of rotatable bonds is 6. The van der Waals surface area contributed by atoms with Crippen LogP contribution in [0.3, 0.4) is 0 Å². The lowest BCUT2D eigenvalue weighted by molar-refractivity contribution is 0.0940. The first kappa shape index (κ1) is 20.3. The standard InChI is InChI=1S/C20H19N3O5S/c1-13(14-8-10-15(11-9-14)29(21,26)27)22-19(24)16-5-2-3-6-17(16)23-20(25)18-7-4-12-28-18/h2-13H,1H3,(H,22,24)(H,23,25)(H2,21,26,27)/t13-/m1/s1. The molecule has 150 valence electrons. The molecule has 0 aliphatic rings. The highest BCUT2D eigenvalue weighted by Gasteiger charge is 2.18. The third-order valence-electron chi connectivity index (χ3n) is 4.22. The maximum absolute atomic E-state index is 12.7. The summed E-state index contributed by atoms with van der Waals surface area (Å²) in [6.07, 6.45) is 1.39. The molecule has 0 radical (unpaired) electrons. The van der Waals surface area contributed by atoms with Gasteiger partial charge < -0.3 is 15.1 Å². The number of nitrogens with two attached hydrogens (primary N) is 1. The minimum atomic E-state index is -3.78. The fraction of sp³-hybridized carbons (Fsp3) is 0.100. The van der Waals surface area contributed by atoms with Gasteiger partial charge in [0.05, 0.1) is 28.5 Å². The van der Waals surface area contributed by atoms with Crippen LogP contribution < -0.4 is 15.8 Å². The van der Waals surface area contributed by atoms with Gasteiger partial charge in [0, 0.05) is 0 Å². The van der Waals surface area contributed by atoms with Gasteiger partial charge in [0.1, 0.15) is 0 Å². The second-order valence-corrected chi connectivity index (χ2v) is 7.85. The Morgan fingerprint density at radius 2 is 1.66 bits per heavy atom. The molecule has 0 unspecified atom stereocenters. The zero-order chi connectivity index (χ0) is 21.0. The van der Waals surface area contributed by atoms with E-state index in [4.69, 9.17) is 9.56 Å². The van der Waals surface area contributed by atoms with Crippen molar-refractivity contribution in [3.8, 4) is 0 Å². The summed E-state index contributed by atoms with van der Waals surface area (Å²) in [7, 11) is -3.78. The number of sulfonamides is 1. The number of nitrogens with one attached hydrogen (secondary N) is 2. The Bertz CT molecular complexity index is 1120. The molecule has 1 heterocycles. The van der Waals surface area contributed by atoms with E-state index < -0.39 is 27.9 Å². The molecule has 0 saturated carbocycles. The van der Waals surface area contributed by atoms with Crippen molar-refractivity contribution in [2.24, 2.45) is 5.14 Å². The monoisotopic (exact) mass is 413 g/mol. The SMILES string of the molecule is C[C@@H](NC(=O)c1ccccc1NC(=O)c1ccco1)c1ccc(S(N)(=O)=O)cc1. The van der Waals surface area contributed by atoms with Crippen LogP contribution in [0, 0.1) is 0 Å². The lowest BCUT2D eigenvalue weighted by Gasteiger charge is -2.16. The first-order valence-corrected chi connectivity index (χ1v) is 10.2. The quantitative estimate of drug-likeness (QED) is 0.572. The summed E-state index contributed by atoms with van der Waals surface area (Å²) in [5, 5.41) is 10.6. The molecule has 2 amide bonds. The van der Waals surface area contributed by atoms with E-state index in [0.29, 0.717) is 11.3 Å². The van der Waals surface area contributed by atoms with Crippen LogP contribution in [-0.2, 0) is 10.0 Å². The van der Waals surface area contributed by atoms with Crippen LogP contribution in [0.25, 0.3) is 0 Å². The Morgan fingerprint density at radius 1 is 0.966 bits per heavy atom. The predicted molar refractivity (Wildman–Crippen MR) is 107 cm³/mol. The molecule has 1 aromatic heterocycles. The summed E-state index contributed by atoms with van der Waals surface area (Å²) in [6.45, 7) is 1.76. The smallest absolute Gasteiger partial charge is 0.291 e. The number of carbonyl (C=O) groups excluding carboxylic acids is 2. The first-order valence-electron chi connectivity index (χ1n) is 8.63. The molecule has 29 heavy (non-hydrogen) atoms. The van der Waals surface area contributed by atoms with Crippen molar-refractivity contribution in [2.75, 3.05) is 5.32 Å². The van der Waals surface area contributed by atoms with E-state index in [1.807, 2.05) is 0 Å². The van der Waals surface area contributed by atoms with Gasteiger partial charge >= 0.3 is 0 Å². The molecule has 8 nitrogen and oxygen atoms in total. The van der Waals surface area contributed by atoms with Crippen LogP contribution in [-0.4, -0.2) is 20.2 Å². The fourth-order valence-electron chi connectivity index (χ4n) is 2.69. The van der Waals surface area contributed by atoms with Crippen molar-refractivity contribution < 1.29 is 22.4 Å². The van der Waals surface area contributed by atoms with E-state index in [1.54, 1.807) is 49.4 Å². The van der Waals surface area contributed by atoms with Gasteiger partial charge in [-0.2, -0.15) is 0 Å². The Balaban J connectivity index is 1.74. The highest BCUT2D eigenvalue weighted by Crippen LogP contribution is 2.20. The summed E-state index contributed by atoms with van der Waals surface area (Å²) < 4.78 is 27.8. The molecular weight excluding hydrogens is 394 g/mol. The minimum Gasteiger partial charge on any atom is -0.459 e. The molecule has 3 rings (SSSR count). The molecule has 9 heteroatoms. The summed E-state index contributed by atoms with van der Waals surface area (Å²) in [6, 6.07) is 15.2. The van der Waals surface area contributed by atoms with Gasteiger partial charge in [0.15, 0.2) is 5.76 Å². The summed E-state index contributed by atoms with van der Waals surface area (Å²) >= 11 is 0. The van der Waals surface area contributed by atoms with Gasteiger partial charge in [-0.25, -0.2) is 13.6 Å². The van der Waals surface area contributed by atoms with E-state index >= 15 is 0 Å². The van der Waals surface area contributed by atoms with Crippen molar-refractivity contribution in [2.45, 2.75) is 17.9 Å². The minimum absolute atomic E-state index is 0.00855. The van der Waals surface area contributed by atoms with Gasteiger partial charge in [-0.3, -0.25) is 9.59 Å². The number of furan rings is 1. The van der Waals surface area contributed by atoms with Crippen LogP contribution in [0.1, 0.15) is 39.4 Å². The second-order valence-electron chi connectivity index (χ2n) is 6.29. The van der Waals surface area contributed by atoms with Gasteiger partial charge in [0.2, 0.25) is 10.0 Å². The molecular formula is C20H19N3O5S. The number of benzene rings is 2. The number of primary sulfonamides is 1. The zero-order valence-electron chi connectivity index (χ0n) is 15.5. The Morgan fingerprint density at radius 3 is 2.28 bits per heavy atom. The molecule has 1 atom stereocenters. The average molecular weight is 413 g/mol. The summed E-state index contributed by atoms with van der Waals surface area (Å²) in [4.78, 5) is 24.9. The number of para-hydroxylation sites is 1. The third kappa shape index (κ3) is 4.89. The Labute approximate surface area is 167 Å². The van der Waals surface area contributed by atoms with Crippen molar-refractivity contribution in [1.82, 2.24) is 5.32 Å². The predicted octanol–water partition coefficient (Wildman–Crippen LogP) is 2.67. The number of hydrogen-bond donors (Lipinski definition) is 3. The molecule has 0 saturated heterocycles. The Hall–Kier alpha value is -3.43. The van der Waals surface area contributed by atoms with Crippen LogP contribution in [0.2, 0.25) is 0 Å². The number of anilines is 1. The van der Waals surface area contributed by atoms with Gasteiger partial charge in [0.25, 0.3) is 11.8 Å². The van der Waals surface area contributed by atoms with Crippen LogP contribution in [0.5, 0.6) is 0 Å². The zero-order valence-corrected chi connectivity index (χ0v) is 16.3. The van der Waals surface area contributed by atoms with Crippen LogP contribution in [0.15, 0.2) is 76.2 Å². The number of carbonyl (C=O) groups is 2. The van der Waals surface area contributed by atoms with E-state index in [2.05, 4.69) is 10.6 Å². The summed E-state index contributed by atoms with van der Waals surface area (Å²) in [5.74, 6) is -0.742. The summed E-state index contributed by atoms with van der Waals surface area (Å²) in [5.41, 5.74) is 1.31. The lowest BCUT2D eigenvalue weighted by Crippen LogP contribution is -2.28. The molecule has 2 aromatic carbocycles. The molecule has 4 N–H and O–H groups in total. The van der Waals surface area contributed by atoms with Gasteiger partial charge in [-0.05, 0) is 48.9 Å². The molecule has 0 aliphatic carbocycles. The molecule has 0 spiro atoms. The molecule has 0 bridgehead atoms. The maximum atomic E-state index is 12.7. The lowest BCUT2D eigenvalue weighted by atomic mass is 10.1. The molecule has 0 aliphatic heterocycles. The van der Waals surface area contributed by atoms with Crippen molar-refractivity contribution in [3.63, 3.8) is 0 Å². The van der Waals surface area contributed by atoms with E-state index in [0.717, 1.165) is 0 Å². The van der Waals surface area contributed by atoms with Gasteiger partial charge in [-0.1, -0.05) is 24.3 Å². The van der Waals surface area contributed by atoms with E-state index in [-0.39, 0.29) is 16.2 Å². The van der Waals surface area contributed by atoms with Gasteiger partial charge in [-0.15, -0.1) is 0 Å². The average Bonchev–Trinajstić information content (AvgIpc) is 3.22. The van der Waals surface area contributed by atoms with Crippen molar-refractivity contribution in [3.05, 3.63) is 83.8 Å². The largest absolute Gasteiger partial charge is 0.459 e. The first-order chi connectivity index (χ1) is 13.8. The van der Waals surface area contributed by atoms with E-state index in [9.17, 15) is 18.0 Å². The molecule has 3 aromatic rings. The number of amides is 2.